The Labute approximate surface area is 98.1 Å². The molecule has 0 aromatic rings. The Bertz CT molecular complexity index is 261. The Morgan fingerprint density at radius 3 is 2.33 bits per heavy atom. The monoisotopic (exact) mass is 253 g/mol. The fourth-order valence-electron chi connectivity index (χ4n) is 1.07. The summed E-state index contributed by atoms with van der Waals surface area (Å²) in [7, 11) is -2.79. The summed E-state index contributed by atoms with van der Waals surface area (Å²) >= 11 is 1.71. The second-order valence-corrected chi connectivity index (χ2v) is 8.20. The maximum atomic E-state index is 10.8. The summed E-state index contributed by atoms with van der Waals surface area (Å²) in [6.07, 6.45) is 3.50. The Hall–Kier alpha value is 0.260. The number of rotatable bonds is 8. The molecule has 92 valence electrons. The van der Waals surface area contributed by atoms with Gasteiger partial charge in [-0.25, -0.2) is 8.42 Å². The van der Waals surface area contributed by atoms with Crippen LogP contribution in [0.5, 0.6) is 0 Å². The topological polar surface area (TPSA) is 60.2 Å². The van der Waals surface area contributed by atoms with Crippen LogP contribution in [-0.2, 0) is 9.84 Å². The van der Waals surface area contributed by atoms with E-state index in [1.807, 2.05) is 0 Å². The van der Waals surface area contributed by atoms with Crippen LogP contribution < -0.4 is 5.73 Å². The third kappa shape index (κ3) is 10.5. The molecule has 0 heterocycles. The van der Waals surface area contributed by atoms with E-state index in [-0.39, 0.29) is 11.2 Å². The summed E-state index contributed by atoms with van der Waals surface area (Å²) in [5.41, 5.74) is 5.84. The van der Waals surface area contributed by atoms with Crippen LogP contribution in [-0.4, -0.2) is 38.5 Å². The van der Waals surface area contributed by atoms with E-state index in [2.05, 4.69) is 13.8 Å². The highest BCUT2D eigenvalue weighted by atomic mass is 32.2. The molecule has 0 fully saturated rings. The van der Waals surface area contributed by atoms with Crippen LogP contribution in [0.15, 0.2) is 0 Å². The molecule has 2 N–H and O–H groups in total. The minimum Gasteiger partial charge on any atom is -0.330 e. The normalized spacial score (nSPS) is 13.1. The molecule has 0 aromatic heterocycles. The van der Waals surface area contributed by atoms with Crippen LogP contribution in [0.3, 0.4) is 0 Å². The fraction of sp³-hybridized carbons (Fsp3) is 1.00. The SMILES string of the molecule is CC(C)(CN)CCCSCCS(C)(=O)=O. The third-order valence-corrected chi connectivity index (χ3v) is 4.57. The van der Waals surface area contributed by atoms with Crippen LogP contribution in [0.2, 0.25) is 0 Å². The molecular weight excluding hydrogens is 230 g/mol. The van der Waals surface area contributed by atoms with Crippen LogP contribution in [0.25, 0.3) is 0 Å². The number of hydrogen-bond acceptors (Lipinski definition) is 4. The van der Waals surface area contributed by atoms with Crippen molar-refractivity contribution in [1.82, 2.24) is 0 Å². The summed E-state index contributed by atoms with van der Waals surface area (Å²) < 4.78 is 21.7. The van der Waals surface area contributed by atoms with Gasteiger partial charge in [-0.2, -0.15) is 11.8 Å². The lowest BCUT2D eigenvalue weighted by Crippen LogP contribution is -2.23. The molecule has 0 saturated carbocycles. The van der Waals surface area contributed by atoms with Gasteiger partial charge in [0.05, 0.1) is 5.75 Å². The van der Waals surface area contributed by atoms with E-state index in [0.29, 0.717) is 12.3 Å². The quantitative estimate of drug-likeness (QED) is 0.666. The van der Waals surface area contributed by atoms with Crippen molar-refractivity contribution in [3.63, 3.8) is 0 Å². The summed E-state index contributed by atoms with van der Waals surface area (Å²) in [6.45, 7) is 5.03. The van der Waals surface area contributed by atoms with Gasteiger partial charge in [-0.05, 0) is 30.6 Å². The van der Waals surface area contributed by atoms with Crippen molar-refractivity contribution in [2.45, 2.75) is 26.7 Å². The molecule has 0 saturated heterocycles. The molecular formula is C10H23NO2S2. The van der Waals surface area contributed by atoms with Gasteiger partial charge >= 0.3 is 0 Å². The lowest BCUT2D eigenvalue weighted by Gasteiger charge is -2.21. The van der Waals surface area contributed by atoms with Crippen LogP contribution in [0.1, 0.15) is 26.7 Å². The highest BCUT2D eigenvalue weighted by Gasteiger charge is 2.14. The standard InChI is InChI=1S/C10H23NO2S2/c1-10(2,9-11)5-4-6-14-7-8-15(3,12)13/h4-9,11H2,1-3H3. The van der Waals surface area contributed by atoms with Crippen LogP contribution >= 0.6 is 11.8 Å². The van der Waals surface area contributed by atoms with E-state index in [1.165, 1.54) is 6.26 Å². The van der Waals surface area contributed by atoms with Crippen molar-refractivity contribution < 1.29 is 8.42 Å². The van der Waals surface area contributed by atoms with Gasteiger partial charge in [0.25, 0.3) is 0 Å². The van der Waals surface area contributed by atoms with Gasteiger partial charge in [0.2, 0.25) is 0 Å². The van der Waals surface area contributed by atoms with E-state index in [4.69, 9.17) is 5.73 Å². The molecule has 0 atom stereocenters. The average Bonchev–Trinajstić information content (AvgIpc) is 2.09. The Kier molecular flexibility index (Phi) is 6.88. The first-order chi connectivity index (χ1) is 6.77. The predicted octanol–water partition coefficient (Wildman–Crippen LogP) is 1.53. The highest BCUT2D eigenvalue weighted by molar-refractivity contribution is 8.00. The zero-order valence-corrected chi connectivity index (χ0v) is 11.6. The van der Waals surface area contributed by atoms with Gasteiger partial charge in [-0.3, -0.25) is 0 Å². The molecule has 0 amide bonds. The molecule has 0 aliphatic heterocycles. The zero-order chi connectivity index (χ0) is 11.9. The first-order valence-electron chi connectivity index (χ1n) is 5.22. The van der Waals surface area contributed by atoms with E-state index in [9.17, 15) is 8.42 Å². The van der Waals surface area contributed by atoms with Gasteiger partial charge in [-0.1, -0.05) is 13.8 Å². The first kappa shape index (κ1) is 15.3. The Balaban J connectivity index is 3.41. The highest BCUT2D eigenvalue weighted by Crippen LogP contribution is 2.21. The molecule has 0 unspecified atom stereocenters. The van der Waals surface area contributed by atoms with Crippen molar-refractivity contribution in [3.05, 3.63) is 0 Å². The van der Waals surface area contributed by atoms with E-state index >= 15 is 0 Å². The van der Waals surface area contributed by atoms with Gasteiger partial charge in [0, 0.05) is 12.0 Å². The van der Waals surface area contributed by atoms with Crippen molar-refractivity contribution in [3.8, 4) is 0 Å². The number of nitrogens with two attached hydrogens (primary N) is 1. The second kappa shape index (κ2) is 6.76. The summed E-state index contributed by atoms with van der Waals surface area (Å²) in [5.74, 6) is 2.03. The van der Waals surface area contributed by atoms with Gasteiger partial charge in [-0.15, -0.1) is 0 Å². The van der Waals surface area contributed by atoms with E-state index in [1.54, 1.807) is 11.8 Å². The van der Waals surface area contributed by atoms with Crippen LogP contribution in [0, 0.1) is 5.41 Å². The van der Waals surface area contributed by atoms with Crippen LogP contribution in [0.4, 0.5) is 0 Å². The van der Waals surface area contributed by atoms with E-state index in [0.717, 1.165) is 18.6 Å². The van der Waals surface area contributed by atoms with Gasteiger partial charge in [0.1, 0.15) is 9.84 Å². The largest absolute Gasteiger partial charge is 0.330 e. The zero-order valence-electron chi connectivity index (χ0n) is 9.95. The molecule has 0 rings (SSSR count). The minimum atomic E-state index is -2.79. The molecule has 15 heavy (non-hydrogen) atoms. The molecule has 0 aromatic carbocycles. The van der Waals surface area contributed by atoms with Gasteiger partial charge in [0.15, 0.2) is 0 Å². The summed E-state index contributed by atoms with van der Waals surface area (Å²) in [4.78, 5) is 0. The van der Waals surface area contributed by atoms with E-state index < -0.39 is 9.84 Å². The fourth-order valence-corrected chi connectivity index (χ4v) is 3.30. The average molecular weight is 253 g/mol. The molecule has 0 aliphatic carbocycles. The maximum absolute atomic E-state index is 10.8. The third-order valence-electron chi connectivity index (χ3n) is 2.29. The molecule has 5 heteroatoms. The molecule has 0 aliphatic rings. The van der Waals surface area contributed by atoms with Crippen molar-refractivity contribution in [2.24, 2.45) is 11.1 Å². The maximum Gasteiger partial charge on any atom is 0.148 e. The molecule has 0 bridgehead atoms. The van der Waals surface area contributed by atoms with Crippen molar-refractivity contribution in [2.75, 3.05) is 30.1 Å². The lowest BCUT2D eigenvalue weighted by atomic mass is 9.88. The Morgan fingerprint density at radius 1 is 1.27 bits per heavy atom. The minimum absolute atomic E-state index is 0.220. The second-order valence-electron chi connectivity index (χ2n) is 4.71. The molecule has 0 spiro atoms. The van der Waals surface area contributed by atoms with Crippen molar-refractivity contribution in [1.29, 1.82) is 0 Å². The smallest absolute Gasteiger partial charge is 0.148 e. The van der Waals surface area contributed by atoms with Crippen molar-refractivity contribution >= 4 is 21.6 Å². The number of hydrogen-bond donors (Lipinski definition) is 1. The molecule has 0 radical (unpaired) electrons. The first-order valence-corrected chi connectivity index (χ1v) is 8.44. The number of sulfone groups is 1. The summed E-state index contributed by atoms with van der Waals surface area (Å²) in [5, 5.41) is 0. The summed E-state index contributed by atoms with van der Waals surface area (Å²) in [6, 6.07) is 0. The lowest BCUT2D eigenvalue weighted by molar-refractivity contribution is 0.345. The molecule has 3 nitrogen and oxygen atoms in total. The predicted molar refractivity (Wildman–Crippen MR) is 69.1 cm³/mol. The van der Waals surface area contributed by atoms with Gasteiger partial charge < -0.3 is 5.73 Å². The Morgan fingerprint density at radius 2 is 1.87 bits per heavy atom. The number of thioether (sulfide) groups is 1.